The number of aromatic nitrogens is 2. The Labute approximate surface area is 174 Å². The molecular weight excluding hydrogens is 393 g/mol. The lowest BCUT2D eigenvalue weighted by Crippen LogP contribution is -2.56. The van der Waals surface area contributed by atoms with Gasteiger partial charge >= 0.3 is 6.18 Å². The number of nitrogens with one attached hydrogen (secondary N) is 1. The smallest absolute Gasteiger partial charge is 0.353 e. The summed E-state index contributed by atoms with van der Waals surface area (Å²) in [5, 5.41) is 3.53. The summed E-state index contributed by atoms with van der Waals surface area (Å²) >= 11 is 0. The lowest BCUT2D eigenvalue weighted by molar-refractivity contribution is -0.138. The Balaban J connectivity index is 2.01. The van der Waals surface area contributed by atoms with Crippen LogP contribution in [0, 0.1) is 12.8 Å². The maximum absolute atomic E-state index is 13.6. The lowest BCUT2D eigenvalue weighted by Gasteiger charge is -2.39. The van der Waals surface area contributed by atoms with E-state index in [0.29, 0.717) is 30.5 Å². The van der Waals surface area contributed by atoms with Gasteiger partial charge in [0, 0.05) is 42.6 Å². The number of hydrogen-bond acceptors (Lipinski definition) is 5. The van der Waals surface area contributed by atoms with Crippen LogP contribution < -0.4 is 10.2 Å². The van der Waals surface area contributed by atoms with E-state index in [0.717, 1.165) is 12.5 Å². The van der Waals surface area contributed by atoms with Crippen molar-refractivity contribution in [2.75, 3.05) is 18.0 Å². The van der Waals surface area contributed by atoms with Crippen molar-refractivity contribution in [3.8, 4) is 0 Å². The molecule has 162 valence electrons. The number of nitrogens with zero attached hydrogens (tertiary/aromatic N) is 3. The van der Waals surface area contributed by atoms with Crippen LogP contribution in [-0.2, 0) is 6.18 Å². The Morgan fingerprint density at radius 3 is 2.63 bits per heavy atom. The molecule has 0 amide bonds. The molecule has 1 saturated heterocycles. The summed E-state index contributed by atoms with van der Waals surface area (Å²) in [7, 11) is 0. The summed E-state index contributed by atoms with van der Waals surface area (Å²) < 4.78 is 40.9. The number of carbonyl (C=O) groups is 1. The highest BCUT2D eigenvalue weighted by molar-refractivity contribution is 6.09. The van der Waals surface area contributed by atoms with E-state index >= 15 is 0 Å². The summed E-state index contributed by atoms with van der Waals surface area (Å²) in [6.07, 6.45) is -2.23. The number of alkyl halides is 3. The second kappa shape index (κ2) is 8.71. The Morgan fingerprint density at radius 2 is 2.00 bits per heavy atom. The number of ketones is 1. The van der Waals surface area contributed by atoms with E-state index < -0.39 is 23.2 Å². The Kier molecular flexibility index (Phi) is 6.45. The number of rotatable bonds is 5. The molecule has 1 aliphatic rings. The van der Waals surface area contributed by atoms with Gasteiger partial charge in [-0.3, -0.25) is 9.78 Å². The predicted molar refractivity (Wildman–Crippen MR) is 110 cm³/mol. The molecule has 0 aromatic carbocycles. The van der Waals surface area contributed by atoms with Gasteiger partial charge in [-0.2, -0.15) is 13.2 Å². The van der Waals surface area contributed by atoms with Gasteiger partial charge in [0.1, 0.15) is 11.5 Å². The van der Waals surface area contributed by atoms with Crippen LogP contribution in [0.4, 0.5) is 19.0 Å². The fourth-order valence-electron chi connectivity index (χ4n) is 3.96. The Bertz CT molecular complexity index is 911. The number of anilines is 1. The zero-order valence-corrected chi connectivity index (χ0v) is 17.6. The normalized spacial score (nSPS) is 19.9. The van der Waals surface area contributed by atoms with E-state index in [4.69, 9.17) is 0 Å². The average Bonchev–Trinajstić information content (AvgIpc) is 2.65. The number of aryl methyl sites for hydroxylation is 1. The standard InChI is InChI=1S/C22H27F3N4O/c1-13(2)10-16-12-29(11-14(3)27-16)19-8-7-18(22(23,24)25)20(28-19)21(30)17-6-5-9-26-15(17)4/h5-9,13-14,16,27H,10-12H2,1-4H3/t14-,16-/m0/s1. The highest BCUT2D eigenvalue weighted by atomic mass is 19.4. The van der Waals surface area contributed by atoms with Crippen LogP contribution >= 0.6 is 0 Å². The molecular formula is C22H27F3N4O. The molecule has 1 aliphatic heterocycles. The van der Waals surface area contributed by atoms with Crippen molar-refractivity contribution >= 4 is 11.6 Å². The van der Waals surface area contributed by atoms with E-state index in [1.54, 1.807) is 6.92 Å². The minimum atomic E-state index is -4.68. The molecule has 2 aromatic heterocycles. The number of piperazine rings is 1. The van der Waals surface area contributed by atoms with Gasteiger partial charge in [0.2, 0.25) is 5.78 Å². The maximum atomic E-state index is 13.6. The van der Waals surface area contributed by atoms with Crippen molar-refractivity contribution < 1.29 is 18.0 Å². The first kappa shape index (κ1) is 22.2. The molecule has 2 aromatic rings. The molecule has 2 atom stereocenters. The number of carbonyl (C=O) groups excluding carboxylic acids is 1. The zero-order chi connectivity index (χ0) is 22.1. The fourth-order valence-corrected chi connectivity index (χ4v) is 3.96. The SMILES string of the molecule is Cc1ncccc1C(=O)c1nc(N2C[C@H](CC(C)C)N[C@@H](C)C2)ccc1C(F)(F)F. The van der Waals surface area contributed by atoms with Gasteiger partial charge in [-0.05, 0) is 50.5 Å². The van der Waals surface area contributed by atoms with Crippen molar-refractivity contribution in [1.82, 2.24) is 15.3 Å². The van der Waals surface area contributed by atoms with E-state index in [1.165, 1.54) is 24.4 Å². The molecule has 1 fully saturated rings. The van der Waals surface area contributed by atoms with E-state index in [-0.39, 0.29) is 17.6 Å². The van der Waals surface area contributed by atoms with Gasteiger partial charge in [-0.25, -0.2) is 4.98 Å². The molecule has 0 unspecified atom stereocenters. The molecule has 0 aliphatic carbocycles. The van der Waals surface area contributed by atoms with Gasteiger partial charge in [-0.15, -0.1) is 0 Å². The highest BCUT2D eigenvalue weighted by Crippen LogP contribution is 2.34. The molecule has 0 bridgehead atoms. The minimum Gasteiger partial charge on any atom is -0.353 e. The van der Waals surface area contributed by atoms with Crippen molar-refractivity contribution in [2.45, 2.75) is 52.4 Å². The largest absolute Gasteiger partial charge is 0.418 e. The Hall–Kier alpha value is -2.48. The first-order chi connectivity index (χ1) is 14.1. The summed E-state index contributed by atoms with van der Waals surface area (Å²) in [5.74, 6) is 0.104. The Morgan fingerprint density at radius 1 is 1.27 bits per heavy atom. The van der Waals surface area contributed by atoms with E-state index in [2.05, 4.69) is 29.1 Å². The van der Waals surface area contributed by atoms with Gasteiger partial charge in [0.15, 0.2) is 0 Å². The molecule has 0 spiro atoms. The van der Waals surface area contributed by atoms with Crippen molar-refractivity contribution in [2.24, 2.45) is 5.92 Å². The molecule has 0 saturated carbocycles. The molecule has 8 heteroatoms. The van der Waals surface area contributed by atoms with Crippen LogP contribution in [-0.4, -0.2) is 40.9 Å². The van der Waals surface area contributed by atoms with Crippen LogP contribution in [0.2, 0.25) is 0 Å². The van der Waals surface area contributed by atoms with Gasteiger partial charge < -0.3 is 10.2 Å². The summed E-state index contributed by atoms with van der Waals surface area (Å²) in [5.41, 5.74) is -1.11. The topological polar surface area (TPSA) is 58.1 Å². The zero-order valence-electron chi connectivity index (χ0n) is 17.6. The van der Waals surface area contributed by atoms with E-state index in [1.807, 2.05) is 11.8 Å². The third kappa shape index (κ3) is 4.98. The molecule has 1 N–H and O–H groups in total. The van der Waals surface area contributed by atoms with Gasteiger partial charge in [0.05, 0.1) is 5.56 Å². The van der Waals surface area contributed by atoms with Crippen molar-refractivity contribution in [1.29, 1.82) is 0 Å². The summed E-state index contributed by atoms with van der Waals surface area (Å²) in [6, 6.07) is 5.70. The van der Waals surface area contributed by atoms with Crippen LogP contribution in [0.3, 0.4) is 0 Å². The van der Waals surface area contributed by atoms with Crippen LogP contribution in [0.25, 0.3) is 0 Å². The number of halogens is 3. The fraction of sp³-hybridized carbons (Fsp3) is 0.500. The lowest BCUT2D eigenvalue weighted by atomic mass is 9.99. The highest BCUT2D eigenvalue weighted by Gasteiger charge is 2.37. The molecule has 0 radical (unpaired) electrons. The van der Waals surface area contributed by atoms with Gasteiger partial charge in [0.25, 0.3) is 0 Å². The summed E-state index contributed by atoms with van der Waals surface area (Å²) in [6.45, 7) is 9.13. The second-order valence-electron chi connectivity index (χ2n) is 8.33. The third-order valence-corrected chi connectivity index (χ3v) is 5.19. The number of pyridine rings is 2. The second-order valence-corrected chi connectivity index (χ2v) is 8.33. The predicted octanol–water partition coefficient (Wildman–Crippen LogP) is 4.25. The van der Waals surface area contributed by atoms with Crippen LogP contribution in [0.5, 0.6) is 0 Å². The molecule has 30 heavy (non-hydrogen) atoms. The monoisotopic (exact) mass is 420 g/mol. The molecule has 3 heterocycles. The van der Waals surface area contributed by atoms with E-state index in [9.17, 15) is 18.0 Å². The van der Waals surface area contributed by atoms with Crippen LogP contribution in [0.1, 0.15) is 54.5 Å². The molecule has 3 rings (SSSR count). The van der Waals surface area contributed by atoms with Crippen molar-refractivity contribution in [3.63, 3.8) is 0 Å². The third-order valence-electron chi connectivity index (χ3n) is 5.19. The quantitative estimate of drug-likeness (QED) is 0.733. The first-order valence-corrected chi connectivity index (χ1v) is 10.1. The average molecular weight is 420 g/mol. The van der Waals surface area contributed by atoms with Crippen molar-refractivity contribution in [3.05, 3.63) is 53.0 Å². The minimum absolute atomic E-state index is 0.124. The maximum Gasteiger partial charge on any atom is 0.418 e. The first-order valence-electron chi connectivity index (χ1n) is 10.1. The molecule has 5 nitrogen and oxygen atoms in total. The van der Waals surface area contributed by atoms with Gasteiger partial charge in [-0.1, -0.05) is 13.8 Å². The number of hydrogen-bond donors (Lipinski definition) is 1. The summed E-state index contributed by atoms with van der Waals surface area (Å²) in [4.78, 5) is 23.2. The van der Waals surface area contributed by atoms with Crippen LogP contribution in [0.15, 0.2) is 30.5 Å².